The fourth-order valence-electron chi connectivity index (χ4n) is 2.58. The average molecular weight is 361 g/mol. The van der Waals surface area contributed by atoms with Gasteiger partial charge in [-0.15, -0.1) is 0 Å². The van der Waals surface area contributed by atoms with E-state index in [1.807, 2.05) is 6.07 Å². The number of halogens is 1. The molecule has 1 atom stereocenters. The first kappa shape index (κ1) is 19.2. The van der Waals surface area contributed by atoms with Gasteiger partial charge in [0.2, 0.25) is 0 Å². The Balaban J connectivity index is 2.25. The van der Waals surface area contributed by atoms with Gasteiger partial charge in [0.1, 0.15) is 18.2 Å². The molecule has 0 bridgehead atoms. The monoisotopic (exact) mass is 361 g/mol. The van der Waals surface area contributed by atoms with E-state index in [2.05, 4.69) is 0 Å². The third-order valence-corrected chi connectivity index (χ3v) is 3.67. The predicted molar refractivity (Wildman–Crippen MR) is 92.1 cm³/mol. The molecule has 0 saturated heterocycles. The molecule has 0 spiro atoms. The Morgan fingerprint density at radius 1 is 1.19 bits per heavy atom. The normalized spacial score (nSPS) is 11.6. The van der Waals surface area contributed by atoms with Gasteiger partial charge in [0.25, 0.3) is 0 Å². The number of phenolic OH excluding ortho intramolecular Hbond substituents is 1. The molecule has 0 aromatic heterocycles. The molecule has 138 valence electrons. The number of phenols is 1. The number of amides is 1. The molecule has 0 saturated carbocycles. The van der Waals surface area contributed by atoms with Crippen LogP contribution >= 0.6 is 0 Å². The van der Waals surface area contributed by atoms with E-state index in [0.717, 1.165) is 28.7 Å². The molecule has 0 aliphatic heterocycles. The Labute approximate surface area is 150 Å². The summed E-state index contributed by atoms with van der Waals surface area (Å²) in [6, 6.07) is 10.4. The lowest BCUT2D eigenvalue weighted by Crippen LogP contribution is -2.39. The van der Waals surface area contributed by atoms with Gasteiger partial charge in [0.05, 0.1) is 0 Å². The lowest BCUT2D eigenvalue weighted by atomic mass is 10.0. The van der Waals surface area contributed by atoms with Crippen LogP contribution in [0.1, 0.15) is 30.5 Å². The first-order valence-corrected chi connectivity index (χ1v) is 8.12. The average Bonchev–Trinajstić information content (AvgIpc) is 2.59. The number of nitrogens with zero attached hydrogens (tertiary/aromatic N) is 1. The highest BCUT2D eigenvalue weighted by atomic mass is 19.1. The van der Waals surface area contributed by atoms with E-state index in [9.17, 15) is 24.2 Å². The lowest BCUT2D eigenvalue weighted by molar-refractivity contribution is -0.143. The first-order valence-electron chi connectivity index (χ1n) is 8.12. The van der Waals surface area contributed by atoms with Crippen molar-refractivity contribution in [2.24, 2.45) is 0 Å². The van der Waals surface area contributed by atoms with E-state index in [-0.39, 0.29) is 18.7 Å². The second-order valence-electron chi connectivity index (χ2n) is 5.72. The zero-order chi connectivity index (χ0) is 19.1. The van der Waals surface area contributed by atoms with Crippen molar-refractivity contribution in [3.05, 3.63) is 65.5 Å². The molecule has 1 unspecified atom stereocenters. The number of rotatable bonds is 7. The van der Waals surface area contributed by atoms with Crippen molar-refractivity contribution in [1.82, 2.24) is 4.90 Å². The van der Waals surface area contributed by atoms with Crippen molar-refractivity contribution >= 4 is 12.1 Å². The van der Waals surface area contributed by atoms with Crippen LogP contribution in [0.2, 0.25) is 0 Å². The molecular formula is C19H20FNO5. The van der Waals surface area contributed by atoms with Gasteiger partial charge >= 0.3 is 12.1 Å². The zero-order valence-corrected chi connectivity index (χ0v) is 14.3. The predicted octanol–water partition coefficient (Wildman–Crippen LogP) is 3.71. The molecule has 26 heavy (non-hydrogen) atoms. The molecule has 0 fully saturated rings. The van der Waals surface area contributed by atoms with Gasteiger partial charge in [0, 0.05) is 12.6 Å². The number of ether oxygens (including phenoxy) is 1. The minimum Gasteiger partial charge on any atom is -0.508 e. The summed E-state index contributed by atoms with van der Waals surface area (Å²) in [6.07, 6.45) is -0.349. The van der Waals surface area contributed by atoms with Gasteiger partial charge in [-0.3, -0.25) is 4.90 Å². The summed E-state index contributed by atoms with van der Waals surface area (Å²) >= 11 is 0. The van der Waals surface area contributed by atoms with E-state index in [1.165, 1.54) is 0 Å². The topological polar surface area (TPSA) is 87.1 Å². The summed E-state index contributed by atoms with van der Waals surface area (Å²) in [5.74, 6) is -2.55. The molecule has 2 aromatic rings. The van der Waals surface area contributed by atoms with Crippen molar-refractivity contribution in [2.45, 2.75) is 26.0 Å². The largest absolute Gasteiger partial charge is 0.508 e. The Morgan fingerprint density at radius 2 is 1.88 bits per heavy atom. The minimum absolute atomic E-state index is 0.0133. The first-order chi connectivity index (χ1) is 12.4. The molecular weight excluding hydrogens is 341 g/mol. The van der Waals surface area contributed by atoms with E-state index in [1.54, 1.807) is 31.2 Å². The molecule has 0 aliphatic rings. The quantitative estimate of drug-likeness (QED) is 0.785. The Kier molecular flexibility index (Phi) is 6.54. The SMILES string of the molecule is CCCN(C(=O)OCc1ccccc1)C(C(=O)O)c1cc(O)cc(F)c1. The third-order valence-electron chi connectivity index (χ3n) is 3.67. The number of aliphatic carboxylic acids is 1. The zero-order valence-electron chi connectivity index (χ0n) is 14.3. The number of aromatic hydroxyl groups is 1. The molecule has 0 radical (unpaired) electrons. The van der Waals surface area contributed by atoms with Crippen LogP contribution in [0.3, 0.4) is 0 Å². The van der Waals surface area contributed by atoms with Gasteiger partial charge < -0.3 is 14.9 Å². The highest BCUT2D eigenvalue weighted by molar-refractivity contribution is 5.81. The summed E-state index contributed by atoms with van der Waals surface area (Å²) < 4.78 is 18.8. The standard InChI is InChI=1S/C19H20FNO5/c1-2-8-21(19(25)26-12-13-6-4-3-5-7-13)17(18(23)24)14-9-15(20)11-16(22)10-14/h3-7,9-11,17,22H,2,8,12H2,1H3,(H,23,24). The fraction of sp³-hybridized carbons (Fsp3) is 0.263. The smallest absolute Gasteiger partial charge is 0.411 e. The molecule has 7 heteroatoms. The summed E-state index contributed by atoms with van der Waals surface area (Å²) in [5.41, 5.74) is 0.715. The molecule has 2 aromatic carbocycles. The number of carbonyl (C=O) groups excluding carboxylic acids is 1. The molecule has 6 nitrogen and oxygen atoms in total. The van der Waals surface area contributed by atoms with Crippen molar-refractivity contribution in [1.29, 1.82) is 0 Å². The number of hydrogen-bond donors (Lipinski definition) is 2. The Morgan fingerprint density at radius 3 is 2.46 bits per heavy atom. The highest BCUT2D eigenvalue weighted by Gasteiger charge is 2.32. The second kappa shape index (κ2) is 8.84. The number of carbonyl (C=O) groups is 2. The summed E-state index contributed by atoms with van der Waals surface area (Å²) in [4.78, 5) is 25.3. The molecule has 0 heterocycles. The minimum atomic E-state index is -1.47. The van der Waals surface area contributed by atoms with E-state index in [4.69, 9.17) is 4.74 Å². The number of benzene rings is 2. The van der Waals surface area contributed by atoms with Crippen LogP contribution in [0.5, 0.6) is 5.75 Å². The van der Waals surface area contributed by atoms with Crippen LogP contribution in [-0.4, -0.2) is 33.7 Å². The molecule has 2 N–H and O–H groups in total. The molecule has 0 aliphatic carbocycles. The van der Waals surface area contributed by atoms with Gasteiger partial charge in [-0.1, -0.05) is 37.3 Å². The summed E-state index contributed by atoms with van der Waals surface area (Å²) in [6.45, 7) is 1.86. The maximum atomic E-state index is 13.6. The van der Waals surface area contributed by atoms with Crippen LogP contribution in [0.25, 0.3) is 0 Å². The molecule has 1 amide bonds. The van der Waals surface area contributed by atoms with E-state index in [0.29, 0.717) is 6.42 Å². The summed E-state index contributed by atoms with van der Waals surface area (Å²) in [5, 5.41) is 19.1. The summed E-state index contributed by atoms with van der Waals surface area (Å²) in [7, 11) is 0. The van der Waals surface area contributed by atoms with Gasteiger partial charge in [0.15, 0.2) is 6.04 Å². The fourth-order valence-corrected chi connectivity index (χ4v) is 2.58. The van der Waals surface area contributed by atoms with Crippen molar-refractivity contribution < 1.29 is 28.9 Å². The van der Waals surface area contributed by atoms with Crippen LogP contribution in [-0.2, 0) is 16.1 Å². The van der Waals surface area contributed by atoms with Crippen molar-refractivity contribution in [2.75, 3.05) is 6.54 Å². The van der Waals surface area contributed by atoms with Crippen molar-refractivity contribution in [3.63, 3.8) is 0 Å². The number of carboxylic acids is 1. The Bertz CT molecular complexity index is 746. The lowest BCUT2D eigenvalue weighted by Gasteiger charge is -2.28. The van der Waals surface area contributed by atoms with Gasteiger partial charge in [-0.05, 0) is 29.7 Å². The van der Waals surface area contributed by atoms with Crippen molar-refractivity contribution in [3.8, 4) is 5.75 Å². The molecule has 2 rings (SSSR count). The number of hydrogen-bond acceptors (Lipinski definition) is 4. The highest BCUT2D eigenvalue weighted by Crippen LogP contribution is 2.27. The maximum Gasteiger partial charge on any atom is 0.411 e. The Hall–Kier alpha value is -3.09. The second-order valence-corrected chi connectivity index (χ2v) is 5.72. The van der Waals surface area contributed by atoms with Crippen LogP contribution in [0.15, 0.2) is 48.5 Å². The van der Waals surface area contributed by atoms with Crippen LogP contribution in [0.4, 0.5) is 9.18 Å². The van der Waals surface area contributed by atoms with Gasteiger partial charge in [-0.2, -0.15) is 0 Å². The number of carboxylic acid groups (broad SMARTS) is 1. The van der Waals surface area contributed by atoms with E-state index < -0.39 is 29.7 Å². The van der Waals surface area contributed by atoms with Crippen LogP contribution < -0.4 is 0 Å². The third kappa shape index (κ3) is 4.95. The van der Waals surface area contributed by atoms with Gasteiger partial charge in [-0.25, -0.2) is 14.0 Å². The van der Waals surface area contributed by atoms with E-state index >= 15 is 0 Å². The van der Waals surface area contributed by atoms with Crippen LogP contribution in [0, 0.1) is 5.82 Å². The maximum absolute atomic E-state index is 13.6.